The first-order valence-electron chi connectivity index (χ1n) is 5.14. The van der Waals surface area contributed by atoms with E-state index in [0.717, 1.165) is 0 Å². The second-order valence-corrected chi connectivity index (χ2v) is 4.72. The van der Waals surface area contributed by atoms with Crippen LogP contribution in [0.25, 0.3) is 0 Å². The Morgan fingerprint density at radius 2 is 2.12 bits per heavy atom. The molecule has 0 saturated heterocycles. The molecule has 2 atom stereocenters. The molecule has 1 aromatic rings. The zero-order valence-electron chi connectivity index (χ0n) is 10.1. The molecule has 0 bridgehead atoms. The van der Waals surface area contributed by atoms with Gasteiger partial charge >= 0.3 is 0 Å². The van der Waals surface area contributed by atoms with E-state index in [9.17, 15) is 5.11 Å². The first-order chi connectivity index (χ1) is 7.40. The lowest BCUT2D eigenvalue weighted by atomic mass is 9.88. The van der Waals surface area contributed by atoms with Gasteiger partial charge < -0.3 is 20.1 Å². The maximum atomic E-state index is 9.44. The molecule has 0 saturated carbocycles. The Bertz CT molecular complexity index is 332. The SMILES string of the molecule is COC(c1noc([C@@H](O)CN)n1)C(C)(C)C. The Balaban J connectivity index is 2.91. The molecule has 6 nitrogen and oxygen atoms in total. The van der Waals surface area contributed by atoms with Gasteiger partial charge in [-0.15, -0.1) is 0 Å². The molecule has 0 fully saturated rings. The van der Waals surface area contributed by atoms with Crippen molar-refractivity contribution in [2.75, 3.05) is 13.7 Å². The summed E-state index contributed by atoms with van der Waals surface area (Å²) in [5, 5.41) is 13.2. The predicted octanol–water partition coefficient (Wildman–Crippen LogP) is 0.795. The molecule has 16 heavy (non-hydrogen) atoms. The lowest BCUT2D eigenvalue weighted by molar-refractivity contribution is 0.00718. The second-order valence-electron chi connectivity index (χ2n) is 4.72. The van der Waals surface area contributed by atoms with Gasteiger partial charge in [0.05, 0.1) is 0 Å². The number of methoxy groups -OCH3 is 1. The van der Waals surface area contributed by atoms with Crippen molar-refractivity contribution in [1.82, 2.24) is 10.1 Å². The van der Waals surface area contributed by atoms with Crippen LogP contribution in [0.3, 0.4) is 0 Å². The minimum Gasteiger partial charge on any atom is -0.382 e. The Kier molecular flexibility index (Phi) is 4.01. The van der Waals surface area contributed by atoms with E-state index in [1.165, 1.54) is 0 Å². The van der Waals surface area contributed by atoms with Crippen molar-refractivity contribution in [2.45, 2.75) is 33.0 Å². The molecule has 92 valence electrons. The van der Waals surface area contributed by atoms with Crippen molar-refractivity contribution >= 4 is 0 Å². The molecule has 0 spiro atoms. The van der Waals surface area contributed by atoms with Crippen LogP contribution in [-0.4, -0.2) is 28.9 Å². The van der Waals surface area contributed by atoms with E-state index in [0.29, 0.717) is 5.82 Å². The normalized spacial score (nSPS) is 16.1. The summed E-state index contributed by atoms with van der Waals surface area (Å²) < 4.78 is 10.3. The zero-order valence-corrected chi connectivity index (χ0v) is 10.1. The molecule has 1 heterocycles. The average molecular weight is 229 g/mol. The average Bonchev–Trinajstić information content (AvgIpc) is 2.64. The Morgan fingerprint density at radius 1 is 1.50 bits per heavy atom. The molecule has 0 aliphatic rings. The third kappa shape index (κ3) is 2.78. The van der Waals surface area contributed by atoms with Gasteiger partial charge in [0.1, 0.15) is 12.2 Å². The molecule has 1 unspecified atom stereocenters. The minimum absolute atomic E-state index is 0.0504. The van der Waals surface area contributed by atoms with Crippen molar-refractivity contribution in [2.24, 2.45) is 11.1 Å². The van der Waals surface area contributed by atoms with E-state index < -0.39 is 6.10 Å². The summed E-state index contributed by atoms with van der Waals surface area (Å²) in [6.07, 6.45) is -1.20. The Labute approximate surface area is 94.8 Å². The molecule has 0 radical (unpaired) electrons. The smallest absolute Gasteiger partial charge is 0.256 e. The lowest BCUT2D eigenvalue weighted by Gasteiger charge is -2.26. The van der Waals surface area contributed by atoms with Gasteiger partial charge in [0, 0.05) is 13.7 Å². The van der Waals surface area contributed by atoms with Crippen molar-refractivity contribution in [1.29, 1.82) is 0 Å². The van der Waals surface area contributed by atoms with Gasteiger partial charge in [-0.3, -0.25) is 0 Å². The Hall–Kier alpha value is -0.980. The first kappa shape index (κ1) is 13.1. The molecule has 0 aliphatic carbocycles. The highest BCUT2D eigenvalue weighted by Crippen LogP contribution is 2.34. The summed E-state index contributed by atoms with van der Waals surface area (Å²) in [5.74, 6) is 0.557. The van der Waals surface area contributed by atoms with Gasteiger partial charge in [0.2, 0.25) is 5.82 Å². The number of aliphatic hydroxyl groups excluding tert-OH is 1. The summed E-state index contributed by atoms with van der Waals surface area (Å²) in [6.45, 7) is 6.08. The van der Waals surface area contributed by atoms with Gasteiger partial charge in [-0.2, -0.15) is 4.98 Å². The number of aromatic nitrogens is 2. The molecule has 1 rings (SSSR count). The molecule has 3 N–H and O–H groups in total. The van der Waals surface area contributed by atoms with Crippen molar-refractivity contribution in [3.05, 3.63) is 11.7 Å². The van der Waals surface area contributed by atoms with E-state index >= 15 is 0 Å². The minimum atomic E-state index is -0.918. The van der Waals surface area contributed by atoms with Crippen molar-refractivity contribution < 1.29 is 14.4 Å². The Morgan fingerprint density at radius 3 is 2.56 bits per heavy atom. The number of nitrogens with zero attached hydrogens (tertiary/aromatic N) is 2. The molecule has 6 heteroatoms. The monoisotopic (exact) mass is 229 g/mol. The lowest BCUT2D eigenvalue weighted by Crippen LogP contribution is -2.21. The predicted molar refractivity (Wildman–Crippen MR) is 57.5 cm³/mol. The van der Waals surface area contributed by atoms with Crippen LogP contribution in [0.2, 0.25) is 0 Å². The van der Waals surface area contributed by atoms with E-state index in [1.807, 2.05) is 20.8 Å². The number of rotatable bonds is 4. The van der Waals surface area contributed by atoms with Crippen LogP contribution in [0.1, 0.15) is 44.7 Å². The molecular formula is C10H19N3O3. The van der Waals surface area contributed by atoms with Crippen LogP contribution in [-0.2, 0) is 4.74 Å². The fraction of sp³-hybridized carbons (Fsp3) is 0.800. The topological polar surface area (TPSA) is 94.4 Å². The summed E-state index contributed by atoms with van der Waals surface area (Å²) >= 11 is 0. The number of ether oxygens (including phenoxy) is 1. The van der Waals surface area contributed by atoms with Crippen LogP contribution >= 0.6 is 0 Å². The van der Waals surface area contributed by atoms with Crippen LogP contribution in [0, 0.1) is 5.41 Å². The molecule has 0 aromatic carbocycles. The fourth-order valence-electron chi connectivity index (χ4n) is 1.44. The highest BCUT2D eigenvalue weighted by molar-refractivity contribution is 4.98. The third-order valence-corrected chi connectivity index (χ3v) is 2.22. The van der Waals surface area contributed by atoms with E-state index in [4.69, 9.17) is 15.0 Å². The van der Waals surface area contributed by atoms with Gasteiger partial charge in [-0.1, -0.05) is 25.9 Å². The largest absolute Gasteiger partial charge is 0.382 e. The second kappa shape index (κ2) is 4.90. The highest BCUT2D eigenvalue weighted by atomic mass is 16.5. The van der Waals surface area contributed by atoms with E-state index in [-0.39, 0.29) is 24.0 Å². The number of hydrogen-bond acceptors (Lipinski definition) is 6. The summed E-state index contributed by atoms with van der Waals surface area (Å²) in [4.78, 5) is 4.09. The third-order valence-electron chi connectivity index (χ3n) is 2.22. The zero-order chi connectivity index (χ0) is 12.3. The highest BCUT2D eigenvalue weighted by Gasteiger charge is 2.31. The standard InChI is InChI=1S/C10H19N3O3/c1-10(2,3)7(15-4)8-12-9(16-13-8)6(14)5-11/h6-7,14H,5,11H2,1-4H3/t6-,7?/m0/s1. The summed E-state index contributed by atoms with van der Waals surface area (Å²) in [6, 6.07) is 0. The fourth-order valence-corrected chi connectivity index (χ4v) is 1.44. The van der Waals surface area contributed by atoms with Gasteiger partial charge in [0.25, 0.3) is 5.89 Å². The van der Waals surface area contributed by atoms with Gasteiger partial charge in [-0.05, 0) is 5.41 Å². The maximum absolute atomic E-state index is 9.44. The van der Waals surface area contributed by atoms with Crippen LogP contribution < -0.4 is 5.73 Å². The van der Waals surface area contributed by atoms with Crippen LogP contribution in [0.5, 0.6) is 0 Å². The molecule has 0 amide bonds. The quantitative estimate of drug-likeness (QED) is 0.792. The van der Waals surface area contributed by atoms with E-state index in [1.54, 1.807) is 7.11 Å². The number of hydrogen-bond donors (Lipinski definition) is 2. The molecule has 1 aromatic heterocycles. The van der Waals surface area contributed by atoms with Gasteiger partial charge in [0.15, 0.2) is 0 Å². The van der Waals surface area contributed by atoms with Crippen molar-refractivity contribution in [3.8, 4) is 0 Å². The maximum Gasteiger partial charge on any atom is 0.256 e. The number of aliphatic hydroxyl groups is 1. The summed E-state index contributed by atoms with van der Waals surface area (Å²) in [7, 11) is 1.59. The first-order valence-corrected chi connectivity index (χ1v) is 5.14. The molecular weight excluding hydrogens is 210 g/mol. The van der Waals surface area contributed by atoms with E-state index in [2.05, 4.69) is 10.1 Å². The van der Waals surface area contributed by atoms with Gasteiger partial charge in [-0.25, -0.2) is 0 Å². The van der Waals surface area contributed by atoms with Crippen LogP contribution in [0.4, 0.5) is 0 Å². The van der Waals surface area contributed by atoms with Crippen LogP contribution in [0.15, 0.2) is 4.52 Å². The number of nitrogens with two attached hydrogens (primary N) is 1. The molecule has 0 aliphatic heterocycles. The van der Waals surface area contributed by atoms with Crippen molar-refractivity contribution in [3.63, 3.8) is 0 Å². The summed E-state index contributed by atoms with van der Waals surface area (Å²) in [5.41, 5.74) is 5.15.